The topological polar surface area (TPSA) is 49.4 Å². The molecule has 1 heterocycles. The molecular formula is C14H24N2O2. The highest BCUT2D eigenvalue weighted by Crippen LogP contribution is 2.41. The third-order valence-electron chi connectivity index (χ3n) is 4.48. The molecule has 0 bridgehead atoms. The van der Waals surface area contributed by atoms with Crippen LogP contribution in [0.2, 0.25) is 0 Å². The highest BCUT2D eigenvalue weighted by atomic mass is 16.2. The van der Waals surface area contributed by atoms with Crippen molar-refractivity contribution < 1.29 is 9.59 Å². The van der Waals surface area contributed by atoms with Crippen molar-refractivity contribution in [1.29, 1.82) is 0 Å². The Kier molecular flexibility index (Phi) is 3.64. The molecule has 1 aliphatic heterocycles. The molecule has 2 aliphatic rings. The Morgan fingerprint density at radius 2 is 1.94 bits per heavy atom. The van der Waals surface area contributed by atoms with Crippen molar-refractivity contribution in [3.8, 4) is 0 Å². The van der Waals surface area contributed by atoms with Crippen molar-refractivity contribution in [3.63, 3.8) is 0 Å². The number of amides is 2. The Morgan fingerprint density at radius 1 is 1.28 bits per heavy atom. The van der Waals surface area contributed by atoms with E-state index >= 15 is 0 Å². The van der Waals surface area contributed by atoms with Crippen LogP contribution in [0.5, 0.6) is 0 Å². The van der Waals surface area contributed by atoms with Gasteiger partial charge in [-0.3, -0.25) is 9.59 Å². The summed E-state index contributed by atoms with van der Waals surface area (Å²) in [5, 5.41) is 2.84. The summed E-state index contributed by atoms with van der Waals surface area (Å²) < 4.78 is 0. The quantitative estimate of drug-likeness (QED) is 0.827. The second-order valence-electron chi connectivity index (χ2n) is 6.02. The minimum atomic E-state index is -0.316. The predicted octanol–water partition coefficient (Wildman–Crippen LogP) is 1.69. The molecule has 2 amide bonds. The molecule has 0 aromatic heterocycles. The van der Waals surface area contributed by atoms with Crippen LogP contribution in [0, 0.1) is 5.41 Å². The molecule has 18 heavy (non-hydrogen) atoms. The minimum absolute atomic E-state index is 0.0203. The van der Waals surface area contributed by atoms with Gasteiger partial charge in [-0.25, -0.2) is 0 Å². The summed E-state index contributed by atoms with van der Waals surface area (Å²) in [4.78, 5) is 26.3. The smallest absolute Gasteiger partial charge is 0.245 e. The molecule has 102 valence electrons. The number of rotatable bonds is 4. The lowest BCUT2D eigenvalue weighted by molar-refractivity contribution is -0.152. The Morgan fingerprint density at radius 3 is 2.39 bits per heavy atom. The van der Waals surface area contributed by atoms with E-state index < -0.39 is 0 Å². The summed E-state index contributed by atoms with van der Waals surface area (Å²) in [6, 6.07) is -0.582. The van der Waals surface area contributed by atoms with Crippen LogP contribution < -0.4 is 5.32 Å². The second-order valence-corrected chi connectivity index (χ2v) is 6.02. The van der Waals surface area contributed by atoms with Gasteiger partial charge in [0.2, 0.25) is 11.8 Å². The fraction of sp³-hybridized carbons (Fsp3) is 0.857. The third kappa shape index (κ3) is 2.25. The van der Waals surface area contributed by atoms with E-state index in [-0.39, 0.29) is 29.3 Å². The van der Waals surface area contributed by atoms with Gasteiger partial charge in [-0.15, -0.1) is 0 Å². The molecule has 0 aromatic carbocycles. The van der Waals surface area contributed by atoms with Gasteiger partial charge < -0.3 is 10.2 Å². The molecule has 2 rings (SSSR count). The molecule has 4 nitrogen and oxygen atoms in total. The van der Waals surface area contributed by atoms with Crippen LogP contribution in [-0.2, 0) is 9.59 Å². The highest BCUT2D eigenvalue weighted by Gasteiger charge is 2.43. The van der Waals surface area contributed by atoms with Crippen LogP contribution in [0.25, 0.3) is 0 Å². The van der Waals surface area contributed by atoms with Crippen LogP contribution >= 0.6 is 0 Å². The van der Waals surface area contributed by atoms with Crippen molar-refractivity contribution in [2.24, 2.45) is 5.41 Å². The minimum Gasteiger partial charge on any atom is -0.343 e. The molecule has 1 saturated carbocycles. The number of hydrogen-bond donors (Lipinski definition) is 1. The summed E-state index contributed by atoms with van der Waals surface area (Å²) >= 11 is 0. The number of nitrogens with zero attached hydrogens (tertiary/aromatic N) is 1. The van der Waals surface area contributed by atoms with Gasteiger partial charge in [0.15, 0.2) is 0 Å². The van der Waals surface area contributed by atoms with Gasteiger partial charge in [0.1, 0.15) is 12.1 Å². The zero-order valence-corrected chi connectivity index (χ0v) is 11.7. The first kappa shape index (κ1) is 13.4. The van der Waals surface area contributed by atoms with Gasteiger partial charge in [-0.1, -0.05) is 27.2 Å². The predicted molar refractivity (Wildman–Crippen MR) is 70.0 cm³/mol. The first-order chi connectivity index (χ1) is 8.50. The zero-order chi connectivity index (χ0) is 13.3. The van der Waals surface area contributed by atoms with Crippen LogP contribution in [0.15, 0.2) is 0 Å². The average Bonchev–Trinajstić information content (AvgIpc) is 2.31. The Hall–Kier alpha value is -1.06. The van der Waals surface area contributed by atoms with E-state index in [1.165, 1.54) is 19.3 Å². The Labute approximate surface area is 109 Å². The summed E-state index contributed by atoms with van der Waals surface area (Å²) in [7, 11) is 0. The molecule has 4 heteroatoms. The normalized spacial score (nSPS) is 30.9. The Balaban J connectivity index is 2.15. The first-order valence-corrected chi connectivity index (χ1v) is 7.11. The van der Waals surface area contributed by atoms with Crippen molar-refractivity contribution in [2.75, 3.05) is 6.54 Å². The van der Waals surface area contributed by atoms with E-state index in [0.717, 1.165) is 6.54 Å². The molecule has 1 saturated heterocycles. The Bertz CT molecular complexity index is 350. The summed E-state index contributed by atoms with van der Waals surface area (Å²) in [6.45, 7) is 6.89. The number of carbonyl (C=O) groups excluding carboxylic acids is 2. The number of carbonyl (C=O) groups is 2. The van der Waals surface area contributed by atoms with Gasteiger partial charge in [-0.2, -0.15) is 0 Å². The molecule has 0 spiro atoms. The van der Waals surface area contributed by atoms with Gasteiger partial charge in [0, 0.05) is 6.54 Å². The van der Waals surface area contributed by atoms with Gasteiger partial charge in [0.05, 0.1) is 0 Å². The van der Waals surface area contributed by atoms with Crippen molar-refractivity contribution in [3.05, 3.63) is 0 Å². The molecule has 2 unspecified atom stereocenters. The molecular weight excluding hydrogens is 228 g/mol. The number of nitrogens with one attached hydrogen (secondary N) is 1. The molecule has 1 N–H and O–H groups in total. The van der Waals surface area contributed by atoms with Crippen molar-refractivity contribution in [1.82, 2.24) is 10.2 Å². The van der Waals surface area contributed by atoms with E-state index in [2.05, 4.69) is 12.2 Å². The van der Waals surface area contributed by atoms with Crippen LogP contribution in [0.1, 0.15) is 52.9 Å². The maximum Gasteiger partial charge on any atom is 0.245 e. The maximum atomic E-state index is 12.4. The fourth-order valence-corrected chi connectivity index (χ4v) is 3.05. The number of piperazine rings is 1. The zero-order valence-electron chi connectivity index (χ0n) is 11.7. The summed E-state index contributed by atoms with van der Waals surface area (Å²) in [6.07, 6.45) is 4.97. The SMILES string of the molecule is CCC1NC(=O)C(CC)N(CC2(C)CCC2)C1=O. The van der Waals surface area contributed by atoms with E-state index in [0.29, 0.717) is 12.8 Å². The van der Waals surface area contributed by atoms with Crippen LogP contribution in [0.4, 0.5) is 0 Å². The number of hydrogen-bond acceptors (Lipinski definition) is 2. The average molecular weight is 252 g/mol. The van der Waals surface area contributed by atoms with Gasteiger partial charge in [-0.05, 0) is 31.1 Å². The standard InChI is InChI=1S/C14H24N2O2/c1-4-10-13(18)16(9-14(3)7-6-8-14)11(5-2)12(17)15-10/h10-11H,4-9H2,1-3H3,(H,15,17). The van der Waals surface area contributed by atoms with Gasteiger partial charge >= 0.3 is 0 Å². The summed E-state index contributed by atoms with van der Waals surface area (Å²) in [5.41, 5.74) is 0.235. The maximum absolute atomic E-state index is 12.4. The van der Waals surface area contributed by atoms with Crippen molar-refractivity contribution in [2.45, 2.75) is 65.0 Å². The molecule has 2 atom stereocenters. The largest absolute Gasteiger partial charge is 0.343 e. The van der Waals surface area contributed by atoms with Crippen molar-refractivity contribution >= 4 is 11.8 Å². The molecule has 0 aromatic rings. The fourth-order valence-electron chi connectivity index (χ4n) is 3.05. The highest BCUT2D eigenvalue weighted by molar-refractivity contribution is 5.96. The lowest BCUT2D eigenvalue weighted by Gasteiger charge is -2.47. The van der Waals surface area contributed by atoms with Gasteiger partial charge in [0.25, 0.3) is 0 Å². The molecule has 0 radical (unpaired) electrons. The van der Waals surface area contributed by atoms with E-state index in [9.17, 15) is 9.59 Å². The van der Waals surface area contributed by atoms with Crippen LogP contribution in [0.3, 0.4) is 0 Å². The van der Waals surface area contributed by atoms with E-state index in [4.69, 9.17) is 0 Å². The van der Waals surface area contributed by atoms with E-state index in [1.54, 1.807) is 0 Å². The molecule has 2 fully saturated rings. The first-order valence-electron chi connectivity index (χ1n) is 7.11. The molecule has 1 aliphatic carbocycles. The van der Waals surface area contributed by atoms with Crippen LogP contribution in [-0.4, -0.2) is 35.3 Å². The third-order valence-corrected chi connectivity index (χ3v) is 4.48. The second kappa shape index (κ2) is 4.90. The summed E-state index contributed by atoms with van der Waals surface area (Å²) in [5.74, 6) is 0.129. The lowest BCUT2D eigenvalue weighted by Crippen LogP contribution is -2.64. The lowest BCUT2D eigenvalue weighted by atomic mass is 9.70. The monoisotopic (exact) mass is 252 g/mol. The van der Waals surface area contributed by atoms with E-state index in [1.807, 2.05) is 18.7 Å².